The summed E-state index contributed by atoms with van der Waals surface area (Å²) in [4.78, 5) is 35.3. The van der Waals surface area contributed by atoms with Gasteiger partial charge in [-0.15, -0.1) is 0 Å². The number of carbonyl (C=O) groups is 3. The quantitative estimate of drug-likeness (QED) is 0.820. The number of Topliss-reactive ketones (excluding diaryl/α,β-unsaturated/α-hetero) is 1. The topological polar surface area (TPSA) is 74.7 Å². The molecule has 1 aliphatic heterocycles. The molecule has 1 aliphatic rings. The van der Waals surface area contributed by atoms with Gasteiger partial charge in [0.15, 0.2) is 0 Å². The van der Waals surface area contributed by atoms with Crippen molar-refractivity contribution in [2.24, 2.45) is 0 Å². The van der Waals surface area contributed by atoms with Crippen molar-refractivity contribution in [3.63, 3.8) is 0 Å². The molecular formula is C11H7Br2NO4. The minimum absolute atomic E-state index is 0.0207. The molecule has 1 amide bonds. The summed E-state index contributed by atoms with van der Waals surface area (Å²) in [5.41, 5.74) is 0.723. The van der Waals surface area contributed by atoms with Crippen LogP contribution in [-0.2, 0) is 9.59 Å². The molecule has 0 spiro atoms. The van der Waals surface area contributed by atoms with Gasteiger partial charge in [-0.05, 0) is 28.1 Å². The highest BCUT2D eigenvalue weighted by Crippen LogP contribution is 2.38. The predicted molar refractivity (Wildman–Crippen MR) is 70.8 cm³/mol. The molecule has 0 bridgehead atoms. The van der Waals surface area contributed by atoms with Gasteiger partial charge in [0.1, 0.15) is 0 Å². The predicted octanol–water partition coefficient (Wildman–Crippen LogP) is 2.22. The van der Waals surface area contributed by atoms with Gasteiger partial charge in [0.25, 0.3) is 11.7 Å². The Bertz CT molecular complexity index is 570. The molecule has 0 atom stereocenters. The first-order chi connectivity index (χ1) is 8.41. The maximum atomic E-state index is 11.8. The first-order valence-corrected chi connectivity index (χ1v) is 6.57. The molecule has 94 valence electrons. The molecule has 0 aromatic heterocycles. The second kappa shape index (κ2) is 4.81. The largest absolute Gasteiger partial charge is 0.481 e. The molecule has 0 saturated heterocycles. The number of hydrogen-bond donors (Lipinski definition) is 1. The number of nitrogens with zero attached hydrogens (tertiary/aromatic N) is 1. The second-order valence-electron chi connectivity index (χ2n) is 3.71. The molecule has 0 saturated carbocycles. The minimum Gasteiger partial charge on any atom is -0.481 e. The van der Waals surface area contributed by atoms with Crippen LogP contribution in [0.15, 0.2) is 21.1 Å². The molecule has 7 heteroatoms. The number of rotatable bonds is 3. The highest BCUT2D eigenvalue weighted by Gasteiger charge is 2.37. The van der Waals surface area contributed by atoms with Gasteiger partial charge in [-0.3, -0.25) is 14.4 Å². The third kappa shape index (κ3) is 2.20. The average Bonchev–Trinajstić information content (AvgIpc) is 2.51. The fraction of sp³-hybridized carbons (Fsp3) is 0.182. The van der Waals surface area contributed by atoms with E-state index in [4.69, 9.17) is 5.11 Å². The summed E-state index contributed by atoms with van der Waals surface area (Å²) in [6.07, 6.45) is -0.207. The number of hydrogen-bond acceptors (Lipinski definition) is 3. The molecule has 1 heterocycles. The van der Waals surface area contributed by atoms with Crippen LogP contribution in [-0.4, -0.2) is 29.3 Å². The molecule has 0 radical (unpaired) electrons. The van der Waals surface area contributed by atoms with Gasteiger partial charge in [-0.2, -0.15) is 0 Å². The number of carbonyl (C=O) groups excluding carboxylic acids is 2. The lowest BCUT2D eigenvalue weighted by Gasteiger charge is -2.16. The Hall–Kier alpha value is -1.21. The van der Waals surface area contributed by atoms with Crippen molar-refractivity contribution >= 4 is 55.2 Å². The standard InChI is InChI=1S/C11H7Br2NO4/c12-5-3-6-9(7(13)4-5)14(2-1-8(15)16)11(18)10(6)17/h3-4H,1-2H2,(H,15,16). The van der Waals surface area contributed by atoms with Gasteiger partial charge < -0.3 is 10.0 Å². The normalized spacial score (nSPS) is 14.0. The highest BCUT2D eigenvalue weighted by atomic mass is 79.9. The van der Waals surface area contributed by atoms with Crippen molar-refractivity contribution in [1.82, 2.24) is 0 Å². The van der Waals surface area contributed by atoms with Crippen molar-refractivity contribution in [1.29, 1.82) is 0 Å². The molecule has 5 nitrogen and oxygen atoms in total. The summed E-state index contributed by atoms with van der Waals surface area (Å²) in [7, 11) is 0. The minimum atomic E-state index is -1.02. The number of carboxylic acid groups (broad SMARTS) is 1. The van der Waals surface area contributed by atoms with Crippen LogP contribution in [0.5, 0.6) is 0 Å². The van der Waals surface area contributed by atoms with Crippen molar-refractivity contribution in [3.8, 4) is 0 Å². The monoisotopic (exact) mass is 375 g/mol. The molecule has 0 fully saturated rings. The Kier molecular flexibility index (Phi) is 3.54. The van der Waals surface area contributed by atoms with Crippen molar-refractivity contribution < 1.29 is 19.5 Å². The van der Waals surface area contributed by atoms with E-state index < -0.39 is 17.7 Å². The van der Waals surface area contributed by atoms with Gasteiger partial charge in [0.05, 0.1) is 17.7 Å². The first-order valence-electron chi connectivity index (χ1n) is 4.99. The first kappa shape index (κ1) is 13.2. The molecule has 1 N–H and O–H groups in total. The van der Waals surface area contributed by atoms with Gasteiger partial charge >= 0.3 is 5.97 Å². The summed E-state index contributed by atoms with van der Waals surface area (Å²) in [5.74, 6) is -2.32. The highest BCUT2D eigenvalue weighted by molar-refractivity contribution is 9.11. The SMILES string of the molecule is O=C(O)CCN1C(=O)C(=O)c2cc(Br)cc(Br)c21. The smallest absolute Gasteiger partial charge is 0.305 e. The van der Waals surface area contributed by atoms with E-state index in [0.29, 0.717) is 14.6 Å². The zero-order valence-corrected chi connectivity index (χ0v) is 12.1. The molecular weight excluding hydrogens is 370 g/mol. The Labute approximate surface area is 119 Å². The van der Waals surface area contributed by atoms with Crippen molar-refractivity contribution in [3.05, 3.63) is 26.6 Å². The number of benzene rings is 1. The van der Waals surface area contributed by atoms with E-state index in [1.807, 2.05) is 0 Å². The lowest BCUT2D eigenvalue weighted by molar-refractivity contribution is -0.136. The van der Waals surface area contributed by atoms with Gasteiger partial charge in [-0.25, -0.2) is 0 Å². The van der Waals surface area contributed by atoms with Gasteiger partial charge in [0, 0.05) is 15.5 Å². The molecule has 18 heavy (non-hydrogen) atoms. The number of ketones is 1. The summed E-state index contributed by atoms with van der Waals surface area (Å²) < 4.78 is 1.26. The van der Waals surface area contributed by atoms with Crippen LogP contribution in [0.4, 0.5) is 5.69 Å². The molecule has 1 aromatic carbocycles. The van der Waals surface area contributed by atoms with Crippen LogP contribution in [0.1, 0.15) is 16.8 Å². The lowest BCUT2D eigenvalue weighted by Crippen LogP contribution is -2.31. The number of halogens is 2. The Morgan fingerprint density at radius 3 is 2.56 bits per heavy atom. The van der Waals surface area contributed by atoms with Crippen LogP contribution in [0.25, 0.3) is 0 Å². The number of amides is 1. The maximum Gasteiger partial charge on any atom is 0.305 e. The van der Waals surface area contributed by atoms with Crippen LogP contribution < -0.4 is 4.90 Å². The number of carboxylic acids is 1. The van der Waals surface area contributed by atoms with E-state index in [9.17, 15) is 14.4 Å². The van der Waals surface area contributed by atoms with Crippen molar-refractivity contribution in [2.45, 2.75) is 6.42 Å². The molecule has 0 aliphatic carbocycles. The van der Waals surface area contributed by atoms with E-state index >= 15 is 0 Å². The zero-order valence-electron chi connectivity index (χ0n) is 8.94. The molecule has 0 unspecified atom stereocenters. The number of anilines is 1. The van der Waals surface area contributed by atoms with Crippen LogP contribution >= 0.6 is 31.9 Å². The fourth-order valence-corrected chi connectivity index (χ4v) is 3.21. The summed E-state index contributed by atoms with van der Waals surface area (Å²) in [6.45, 7) is -0.0207. The van der Waals surface area contributed by atoms with E-state index in [0.717, 1.165) is 0 Å². The summed E-state index contributed by atoms with van der Waals surface area (Å²) >= 11 is 6.52. The van der Waals surface area contributed by atoms with Crippen LogP contribution in [0, 0.1) is 0 Å². The summed E-state index contributed by atoms with van der Waals surface area (Å²) in [6, 6.07) is 3.26. The van der Waals surface area contributed by atoms with E-state index in [-0.39, 0.29) is 18.5 Å². The maximum absolute atomic E-state index is 11.8. The number of aliphatic carboxylic acids is 1. The fourth-order valence-electron chi connectivity index (χ4n) is 1.77. The van der Waals surface area contributed by atoms with E-state index in [1.165, 1.54) is 4.90 Å². The Morgan fingerprint density at radius 2 is 1.94 bits per heavy atom. The van der Waals surface area contributed by atoms with Crippen LogP contribution in [0.2, 0.25) is 0 Å². The Morgan fingerprint density at radius 1 is 1.28 bits per heavy atom. The van der Waals surface area contributed by atoms with Gasteiger partial charge in [-0.1, -0.05) is 15.9 Å². The van der Waals surface area contributed by atoms with Gasteiger partial charge in [0.2, 0.25) is 0 Å². The lowest BCUT2D eigenvalue weighted by atomic mass is 10.1. The van der Waals surface area contributed by atoms with E-state index in [2.05, 4.69) is 31.9 Å². The van der Waals surface area contributed by atoms with Crippen LogP contribution in [0.3, 0.4) is 0 Å². The second-order valence-corrected chi connectivity index (χ2v) is 5.48. The number of fused-ring (bicyclic) bond motifs is 1. The van der Waals surface area contributed by atoms with E-state index in [1.54, 1.807) is 12.1 Å². The average molecular weight is 377 g/mol. The molecule has 2 rings (SSSR count). The molecule has 1 aromatic rings. The third-order valence-electron chi connectivity index (χ3n) is 2.53. The van der Waals surface area contributed by atoms with Crippen molar-refractivity contribution in [2.75, 3.05) is 11.4 Å². The Balaban J connectivity index is 2.45. The third-order valence-corrected chi connectivity index (χ3v) is 3.59. The zero-order chi connectivity index (χ0) is 13.4. The summed E-state index contributed by atoms with van der Waals surface area (Å²) in [5, 5.41) is 8.65.